The Kier molecular flexibility index (Phi) is 5.93. The van der Waals surface area contributed by atoms with Crippen molar-refractivity contribution in [3.8, 4) is 0 Å². The summed E-state index contributed by atoms with van der Waals surface area (Å²) in [6.45, 7) is 0.0998. The van der Waals surface area contributed by atoms with Gasteiger partial charge in [-0.2, -0.15) is 0 Å². The molecule has 4 aromatic rings. The largest absolute Gasteiger partial charge is 0.478 e. The van der Waals surface area contributed by atoms with Crippen LogP contribution in [0.4, 0.5) is 10.1 Å². The predicted molar refractivity (Wildman–Crippen MR) is 135 cm³/mol. The van der Waals surface area contributed by atoms with Crippen LogP contribution in [0.25, 0.3) is 11.1 Å². The summed E-state index contributed by atoms with van der Waals surface area (Å²) in [7, 11) is 0. The molecule has 0 fully saturated rings. The minimum Gasteiger partial charge on any atom is -0.478 e. The fraction of sp³-hybridized carbons (Fsp3) is 0.0345. The highest BCUT2D eigenvalue weighted by molar-refractivity contribution is 6.39. The van der Waals surface area contributed by atoms with E-state index in [0.717, 1.165) is 11.1 Å². The molecule has 0 spiro atoms. The van der Waals surface area contributed by atoms with Gasteiger partial charge in [0.25, 0.3) is 5.91 Å². The molecular weight excluding hydrogens is 465 g/mol. The van der Waals surface area contributed by atoms with Crippen LogP contribution in [0.3, 0.4) is 0 Å². The summed E-state index contributed by atoms with van der Waals surface area (Å²) in [5.74, 6) is -1.81. The van der Waals surface area contributed by atoms with Crippen LogP contribution in [-0.4, -0.2) is 17.0 Å². The van der Waals surface area contributed by atoms with Crippen molar-refractivity contribution in [3.05, 3.63) is 136 Å². The summed E-state index contributed by atoms with van der Waals surface area (Å²) in [4.78, 5) is 26.9. The van der Waals surface area contributed by atoms with E-state index in [0.29, 0.717) is 33.0 Å². The Bertz CT molecular complexity index is 1480. The fourth-order valence-corrected chi connectivity index (χ4v) is 4.49. The quantitative estimate of drug-likeness (QED) is 0.322. The molecule has 4 aromatic carbocycles. The third-order valence-electron chi connectivity index (χ3n) is 5.94. The van der Waals surface area contributed by atoms with Gasteiger partial charge in [0.15, 0.2) is 0 Å². The monoisotopic (exact) mass is 483 g/mol. The number of carboxylic acids is 1. The summed E-state index contributed by atoms with van der Waals surface area (Å²) in [5.41, 5.74) is 4.59. The van der Waals surface area contributed by atoms with Crippen molar-refractivity contribution in [2.24, 2.45) is 0 Å². The second kappa shape index (κ2) is 9.20. The van der Waals surface area contributed by atoms with Gasteiger partial charge in [-0.15, -0.1) is 0 Å². The number of anilines is 1. The van der Waals surface area contributed by atoms with Crippen LogP contribution in [0.5, 0.6) is 0 Å². The SMILES string of the molecule is O=C(O)c1cccc(CN2C(=O)/C(=C(\c3ccccc3)c3ccc(Cl)cc3)c3ccc(F)cc32)c1. The molecule has 1 aliphatic rings. The van der Waals surface area contributed by atoms with Gasteiger partial charge in [-0.3, -0.25) is 4.79 Å². The topological polar surface area (TPSA) is 57.6 Å². The van der Waals surface area contributed by atoms with E-state index < -0.39 is 11.8 Å². The Balaban J connectivity index is 1.71. The minimum atomic E-state index is -1.05. The Morgan fingerprint density at radius 3 is 2.23 bits per heavy atom. The van der Waals surface area contributed by atoms with Crippen LogP contribution in [0.1, 0.15) is 32.6 Å². The van der Waals surface area contributed by atoms with Crippen molar-refractivity contribution < 1.29 is 19.1 Å². The summed E-state index contributed by atoms with van der Waals surface area (Å²) in [5, 5.41) is 9.93. The molecule has 0 radical (unpaired) electrons. The molecule has 6 heteroatoms. The van der Waals surface area contributed by atoms with Crippen LogP contribution in [-0.2, 0) is 11.3 Å². The van der Waals surface area contributed by atoms with E-state index in [1.807, 2.05) is 42.5 Å². The van der Waals surface area contributed by atoms with Crippen molar-refractivity contribution in [1.82, 2.24) is 0 Å². The highest BCUT2D eigenvalue weighted by Crippen LogP contribution is 2.44. The maximum atomic E-state index is 14.3. The lowest BCUT2D eigenvalue weighted by Gasteiger charge is -2.18. The van der Waals surface area contributed by atoms with Crippen molar-refractivity contribution in [3.63, 3.8) is 0 Å². The van der Waals surface area contributed by atoms with E-state index in [1.165, 1.54) is 29.2 Å². The van der Waals surface area contributed by atoms with Gasteiger partial charge in [0.2, 0.25) is 0 Å². The summed E-state index contributed by atoms with van der Waals surface area (Å²) >= 11 is 6.12. The average Bonchev–Trinajstić information content (AvgIpc) is 3.12. The molecule has 1 aliphatic heterocycles. The number of hydrogen-bond acceptors (Lipinski definition) is 2. The Labute approximate surface area is 206 Å². The molecule has 1 amide bonds. The molecular formula is C29H19ClFNO3. The second-order valence-corrected chi connectivity index (χ2v) is 8.62. The number of carbonyl (C=O) groups is 2. The third kappa shape index (κ3) is 4.34. The third-order valence-corrected chi connectivity index (χ3v) is 6.19. The molecule has 172 valence electrons. The second-order valence-electron chi connectivity index (χ2n) is 8.18. The summed E-state index contributed by atoms with van der Waals surface area (Å²) in [6.07, 6.45) is 0. The van der Waals surface area contributed by atoms with Gasteiger partial charge in [-0.05, 0) is 59.2 Å². The van der Waals surface area contributed by atoms with Crippen molar-refractivity contribution in [1.29, 1.82) is 0 Å². The molecule has 1 N–H and O–H groups in total. The molecule has 0 saturated carbocycles. The normalized spacial score (nSPS) is 14.1. The number of rotatable bonds is 5. The van der Waals surface area contributed by atoms with E-state index in [4.69, 9.17) is 11.6 Å². The molecule has 0 atom stereocenters. The number of nitrogens with zero attached hydrogens (tertiary/aromatic N) is 1. The van der Waals surface area contributed by atoms with Gasteiger partial charge in [0.05, 0.1) is 23.4 Å². The zero-order chi connectivity index (χ0) is 24.5. The molecule has 5 rings (SSSR count). The van der Waals surface area contributed by atoms with E-state index >= 15 is 0 Å². The Hall–Kier alpha value is -4.22. The maximum absolute atomic E-state index is 14.3. The first kappa shape index (κ1) is 22.6. The molecule has 1 heterocycles. The summed E-state index contributed by atoms with van der Waals surface area (Å²) < 4.78 is 14.3. The Morgan fingerprint density at radius 2 is 1.51 bits per heavy atom. The summed E-state index contributed by atoms with van der Waals surface area (Å²) in [6, 6.07) is 27.5. The molecule has 4 nitrogen and oxygen atoms in total. The van der Waals surface area contributed by atoms with Gasteiger partial charge in [-0.25, -0.2) is 9.18 Å². The first-order valence-corrected chi connectivity index (χ1v) is 11.3. The van der Waals surface area contributed by atoms with Crippen LogP contribution in [0.2, 0.25) is 5.02 Å². The number of benzene rings is 4. The number of carboxylic acid groups (broad SMARTS) is 1. The van der Waals surface area contributed by atoms with Crippen LogP contribution in [0, 0.1) is 5.82 Å². The number of carbonyl (C=O) groups excluding carboxylic acids is 1. The first-order valence-electron chi connectivity index (χ1n) is 10.9. The predicted octanol–water partition coefficient (Wildman–Crippen LogP) is 6.68. The number of hydrogen-bond donors (Lipinski definition) is 1. The van der Waals surface area contributed by atoms with E-state index in [1.54, 1.807) is 30.3 Å². The smallest absolute Gasteiger partial charge is 0.335 e. The van der Waals surface area contributed by atoms with E-state index in [9.17, 15) is 19.1 Å². The van der Waals surface area contributed by atoms with Gasteiger partial charge in [0.1, 0.15) is 5.82 Å². The lowest BCUT2D eigenvalue weighted by atomic mass is 9.90. The highest BCUT2D eigenvalue weighted by atomic mass is 35.5. The first-order chi connectivity index (χ1) is 16.9. The van der Waals surface area contributed by atoms with Crippen molar-refractivity contribution in [2.75, 3.05) is 4.90 Å². The van der Waals surface area contributed by atoms with Crippen LogP contribution < -0.4 is 4.90 Å². The molecule has 35 heavy (non-hydrogen) atoms. The van der Waals surface area contributed by atoms with Gasteiger partial charge < -0.3 is 10.0 Å². The zero-order valence-electron chi connectivity index (χ0n) is 18.4. The number of fused-ring (bicyclic) bond motifs is 1. The fourth-order valence-electron chi connectivity index (χ4n) is 4.36. The van der Waals surface area contributed by atoms with Crippen molar-refractivity contribution >= 4 is 40.3 Å². The van der Waals surface area contributed by atoms with E-state index in [2.05, 4.69) is 0 Å². The van der Waals surface area contributed by atoms with Gasteiger partial charge >= 0.3 is 5.97 Å². The molecule has 0 bridgehead atoms. The van der Waals surface area contributed by atoms with Crippen molar-refractivity contribution in [2.45, 2.75) is 6.54 Å². The number of amides is 1. The lowest BCUT2D eigenvalue weighted by Crippen LogP contribution is -2.26. The number of halogens is 2. The highest BCUT2D eigenvalue weighted by Gasteiger charge is 2.35. The van der Waals surface area contributed by atoms with Crippen LogP contribution in [0.15, 0.2) is 97.1 Å². The zero-order valence-corrected chi connectivity index (χ0v) is 19.2. The molecule has 0 aliphatic carbocycles. The van der Waals surface area contributed by atoms with Gasteiger partial charge in [-0.1, -0.05) is 66.2 Å². The number of aromatic carboxylic acids is 1. The average molecular weight is 484 g/mol. The maximum Gasteiger partial charge on any atom is 0.335 e. The standard InChI is InChI=1S/C29H19ClFNO3/c30-22-11-9-20(10-12-22)26(19-6-2-1-3-7-19)27-24-14-13-23(31)16-25(24)32(28(27)33)17-18-5-4-8-21(15-18)29(34)35/h1-16H,17H2,(H,34,35)/b27-26+. The van der Waals surface area contributed by atoms with Gasteiger partial charge in [0, 0.05) is 16.2 Å². The molecule has 0 saturated heterocycles. The minimum absolute atomic E-state index is 0.0998. The lowest BCUT2D eigenvalue weighted by molar-refractivity contribution is -0.113. The molecule has 0 aromatic heterocycles. The molecule has 0 unspecified atom stereocenters. The van der Waals surface area contributed by atoms with Crippen LogP contribution >= 0.6 is 11.6 Å². The Morgan fingerprint density at radius 1 is 0.829 bits per heavy atom. The van der Waals surface area contributed by atoms with E-state index in [-0.39, 0.29) is 18.0 Å².